The van der Waals surface area contributed by atoms with E-state index in [1.54, 1.807) is 0 Å². The first-order chi connectivity index (χ1) is 13.3. The summed E-state index contributed by atoms with van der Waals surface area (Å²) in [5.74, 6) is -0.351. The number of sulfonamides is 1. The Labute approximate surface area is 165 Å². The molecule has 2 aromatic carbocycles. The molecule has 0 radical (unpaired) electrons. The molecule has 0 bridgehead atoms. The molecule has 2 aromatic rings. The van der Waals surface area contributed by atoms with Crippen molar-refractivity contribution < 1.29 is 18.0 Å². The van der Waals surface area contributed by atoms with E-state index in [0.717, 1.165) is 5.56 Å². The first-order valence-corrected chi connectivity index (χ1v) is 10.7. The lowest BCUT2D eigenvalue weighted by Crippen LogP contribution is -2.40. The van der Waals surface area contributed by atoms with Crippen LogP contribution < -0.4 is 5.32 Å². The number of carbonyl (C=O) groups is 2. The number of aryl methyl sites for hydroxylation is 1. The molecule has 0 spiro atoms. The summed E-state index contributed by atoms with van der Waals surface area (Å²) in [4.78, 5) is 24.4. The van der Waals surface area contributed by atoms with Crippen LogP contribution in [-0.4, -0.2) is 44.6 Å². The highest BCUT2D eigenvalue weighted by molar-refractivity contribution is 7.89. The van der Waals surface area contributed by atoms with Crippen LogP contribution in [0.1, 0.15) is 39.1 Å². The largest absolute Gasteiger partial charge is 0.355 e. The van der Waals surface area contributed by atoms with Crippen LogP contribution in [0.3, 0.4) is 0 Å². The van der Waals surface area contributed by atoms with Gasteiger partial charge in [0.2, 0.25) is 10.0 Å². The van der Waals surface area contributed by atoms with Crippen LogP contribution in [0.5, 0.6) is 0 Å². The summed E-state index contributed by atoms with van der Waals surface area (Å²) in [6, 6.07) is 13.4. The van der Waals surface area contributed by atoms with Crippen LogP contribution in [0.4, 0.5) is 0 Å². The Morgan fingerprint density at radius 3 is 2.00 bits per heavy atom. The average molecular weight is 401 g/mol. The van der Waals surface area contributed by atoms with Crippen LogP contribution in [0, 0.1) is 12.8 Å². The molecule has 1 saturated heterocycles. The van der Waals surface area contributed by atoms with E-state index in [1.807, 2.05) is 31.2 Å². The fraction of sp³-hybridized carbons (Fsp3) is 0.333. The molecule has 7 heteroatoms. The Balaban J connectivity index is 1.67. The minimum Gasteiger partial charge on any atom is -0.355 e. The van der Waals surface area contributed by atoms with Gasteiger partial charge in [0.1, 0.15) is 0 Å². The normalized spacial score (nSPS) is 15.9. The Kier molecular flexibility index (Phi) is 5.96. The number of hydrogen-bond donors (Lipinski definition) is 1. The molecule has 0 aromatic heterocycles. The molecule has 1 fully saturated rings. The summed E-state index contributed by atoms with van der Waals surface area (Å²) in [5.41, 5.74) is 2.18. The maximum absolute atomic E-state index is 12.9. The van der Waals surface area contributed by atoms with Crippen LogP contribution in [-0.2, 0) is 10.0 Å². The van der Waals surface area contributed by atoms with Crippen molar-refractivity contribution in [2.75, 3.05) is 20.1 Å². The van der Waals surface area contributed by atoms with E-state index < -0.39 is 10.0 Å². The van der Waals surface area contributed by atoms with Crippen molar-refractivity contribution in [3.8, 4) is 0 Å². The second-order valence-electron chi connectivity index (χ2n) is 7.01. The van der Waals surface area contributed by atoms with E-state index in [2.05, 4.69) is 5.32 Å². The third kappa shape index (κ3) is 4.15. The quantitative estimate of drug-likeness (QED) is 0.782. The zero-order valence-electron chi connectivity index (χ0n) is 16.0. The molecule has 0 atom stereocenters. The molecule has 1 N–H and O–H groups in total. The number of nitrogens with zero attached hydrogens (tertiary/aromatic N) is 1. The summed E-state index contributed by atoms with van der Waals surface area (Å²) in [6.45, 7) is 2.59. The van der Waals surface area contributed by atoms with Gasteiger partial charge in [0.15, 0.2) is 5.78 Å². The zero-order valence-corrected chi connectivity index (χ0v) is 16.8. The van der Waals surface area contributed by atoms with Gasteiger partial charge in [-0.1, -0.05) is 29.8 Å². The number of amides is 1. The summed E-state index contributed by atoms with van der Waals surface area (Å²) in [7, 11) is -2.12. The van der Waals surface area contributed by atoms with E-state index in [4.69, 9.17) is 0 Å². The zero-order chi connectivity index (χ0) is 20.3. The van der Waals surface area contributed by atoms with Crippen molar-refractivity contribution in [1.82, 2.24) is 9.62 Å². The Bertz CT molecular complexity index is 958. The number of benzene rings is 2. The summed E-state index contributed by atoms with van der Waals surface area (Å²) >= 11 is 0. The minimum atomic E-state index is -3.64. The molecule has 1 heterocycles. The van der Waals surface area contributed by atoms with Gasteiger partial charge in [0.05, 0.1) is 4.90 Å². The van der Waals surface area contributed by atoms with Gasteiger partial charge in [-0.05, 0) is 44.0 Å². The Hall–Kier alpha value is -2.51. The van der Waals surface area contributed by atoms with Crippen molar-refractivity contribution >= 4 is 21.7 Å². The summed E-state index contributed by atoms with van der Waals surface area (Å²) in [5, 5.41) is 2.50. The number of rotatable bonds is 5. The average Bonchev–Trinajstić information content (AvgIpc) is 2.73. The predicted molar refractivity (Wildman–Crippen MR) is 107 cm³/mol. The van der Waals surface area contributed by atoms with Gasteiger partial charge in [-0.15, -0.1) is 0 Å². The highest BCUT2D eigenvalue weighted by atomic mass is 32.2. The first kappa shape index (κ1) is 20.2. The molecule has 3 rings (SSSR count). The van der Waals surface area contributed by atoms with Gasteiger partial charge in [0, 0.05) is 37.2 Å². The van der Waals surface area contributed by atoms with E-state index in [0.29, 0.717) is 37.1 Å². The van der Waals surface area contributed by atoms with Crippen LogP contribution >= 0.6 is 0 Å². The maximum Gasteiger partial charge on any atom is 0.251 e. The van der Waals surface area contributed by atoms with Crippen molar-refractivity contribution in [2.45, 2.75) is 24.7 Å². The topological polar surface area (TPSA) is 83.6 Å². The van der Waals surface area contributed by atoms with E-state index in [1.165, 1.54) is 35.6 Å². The highest BCUT2D eigenvalue weighted by Crippen LogP contribution is 2.26. The second-order valence-corrected chi connectivity index (χ2v) is 8.95. The lowest BCUT2D eigenvalue weighted by molar-refractivity contribution is 0.0875. The lowest BCUT2D eigenvalue weighted by Gasteiger charge is -2.30. The minimum absolute atomic E-state index is 0.0759. The van der Waals surface area contributed by atoms with Crippen molar-refractivity contribution in [3.05, 3.63) is 65.2 Å². The van der Waals surface area contributed by atoms with Crippen molar-refractivity contribution in [3.63, 3.8) is 0 Å². The van der Waals surface area contributed by atoms with Crippen molar-refractivity contribution in [1.29, 1.82) is 0 Å². The SMILES string of the molecule is CNC(=O)c1ccc(S(=O)(=O)N2CCC(C(=O)c3ccc(C)cc3)CC2)cc1. The fourth-order valence-electron chi connectivity index (χ4n) is 3.38. The Morgan fingerprint density at radius 2 is 1.46 bits per heavy atom. The molecular formula is C21H24N2O4S. The van der Waals surface area contributed by atoms with Crippen LogP contribution in [0.25, 0.3) is 0 Å². The molecule has 1 amide bonds. The van der Waals surface area contributed by atoms with Gasteiger partial charge in [-0.25, -0.2) is 8.42 Å². The summed E-state index contributed by atoms with van der Waals surface area (Å²) < 4.78 is 27.1. The van der Waals surface area contributed by atoms with E-state index in [9.17, 15) is 18.0 Å². The third-order valence-corrected chi connectivity index (χ3v) is 7.06. The number of hydrogen-bond acceptors (Lipinski definition) is 4. The second kappa shape index (κ2) is 8.24. The number of Topliss-reactive ketones (excluding diaryl/α,β-unsaturated/α-hetero) is 1. The Morgan fingerprint density at radius 1 is 0.929 bits per heavy atom. The van der Waals surface area contributed by atoms with Crippen molar-refractivity contribution in [2.24, 2.45) is 5.92 Å². The van der Waals surface area contributed by atoms with E-state index in [-0.39, 0.29) is 22.5 Å². The van der Waals surface area contributed by atoms with Crippen LogP contribution in [0.2, 0.25) is 0 Å². The van der Waals surface area contributed by atoms with Gasteiger partial charge in [0.25, 0.3) is 5.91 Å². The van der Waals surface area contributed by atoms with Crippen LogP contribution in [0.15, 0.2) is 53.4 Å². The number of ketones is 1. The third-order valence-electron chi connectivity index (χ3n) is 5.14. The molecule has 0 unspecified atom stereocenters. The number of nitrogens with one attached hydrogen (secondary N) is 1. The molecule has 28 heavy (non-hydrogen) atoms. The molecule has 0 saturated carbocycles. The van der Waals surface area contributed by atoms with E-state index >= 15 is 0 Å². The standard InChI is InChI=1S/C21H24N2O4S/c1-15-3-5-16(6-4-15)20(24)17-11-13-23(14-12-17)28(26,27)19-9-7-18(8-10-19)21(25)22-2/h3-10,17H,11-14H2,1-2H3,(H,22,25). The number of piperidine rings is 1. The van der Waals surface area contributed by atoms with Gasteiger partial charge >= 0.3 is 0 Å². The smallest absolute Gasteiger partial charge is 0.251 e. The summed E-state index contributed by atoms with van der Waals surface area (Å²) in [6.07, 6.45) is 1.00. The molecule has 148 valence electrons. The molecular weight excluding hydrogens is 376 g/mol. The molecule has 0 aliphatic carbocycles. The maximum atomic E-state index is 12.9. The molecule has 1 aliphatic rings. The van der Waals surface area contributed by atoms with Gasteiger partial charge < -0.3 is 5.32 Å². The lowest BCUT2D eigenvalue weighted by atomic mass is 9.89. The van der Waals surface area contributed by atoms with Gasteiger partial charge in [-0.2, -0.15) is 4.31 Å². The highest BCUT2D eigenvalue weighted by Gasteiger charge is 2.32. The molecule has 1 aliphatic heterocycles. The van der Waals surface area contributed by atoms with Gasteiger partial charge in [-0.3, -0.25) is 9.59 Å². The fourth-order valence-corrected chi connectivity index (χ4v) is 4.85. The number of carbonyl (C=O) groups excluding carboxylic acids is 2. The first-order valence-electron chi connectivity index (χ1n) is 9.26. The molecule has 6 nitrogen and oxygen atoms in total. The monoisotopic (exact) mass is 400 g/mol. The predicted octanol–water partition coefficient (Wildman–Crippen LogP) is 2.64.